The van der Waals surface area contributed by atoms with Crippen molar-refractivity contribution < 1.29 is 9.47 Å². The van der Waals surface area contributed by atoms with E-state index in [2.05, 4.69) is 9.97 Å². The van der Waals surface area contributed by atoms with E-state index < -0.39 is 0 Å². The second-order valence-corrected chi connectivity index (χ2v) is 5.09. The van der Waals surface area contributed by atoms with Gasteiger partial charge in [0.05, 0.1) is 6.10 Å². The van der Waals surface area contributed by atoms with E-state index in [1.807, 2.05) is 34.6 Å². The monoisotopic (exact) mass is 253 g/mol. The fourth-order valence-electron chi connectivity index (χ4n) is 1.21. The highest BCUT2D eigenvalue weighted by Crippen LogP contribution is 2.16. The Morgan fingerprint density at radius 3 is 2.61 bits per heavy atom. The van der Waals surface area contributed by atoms with Gasteiger partial charge in [-0.1, -0.05) is 6.92 Å². The van der Waals surface area contributed by atoms with Crippen molar-refractivity contribution in [2.75, 3.05) is 6.61 Å². The van der Waals surface area contributed by atoms with Crippen molar-refractivity contribution in [3.8, 4) is 11.9 Å². The molecule has 0 fully saturated rings. The molecule has 0 aliphatic carbocycles. The van der Waals surface area contributed by atoms with Crippen LogP contribution >= 0.6 is 0 Å². The smallest absolute Gasteiger partial charge is 0.319 e. The van der Waals surface area contributed by atoms with E-state index in [1.165, 1.54) is 0 Å². The van der Waals surface area contributed by atoms with Crippen LogP contribution in [0, 0.1) is 6.92 Å². The lowest BCUT2D eigenvalue weighted by Gasteiger charge is -2.22. The zero-order chi connectivity index (χ0) is 13.8. The Hall–Kier alpha value is -1.36. The summed E-state index contributed by atoms with van der Waals surface area (Å²) in [5.41, 5.74) is 6.45. The van der Waals surface area contributed by atoms with Gasteiger partial charge in [0.1, 0.15) is 6.61 Å². The molecule has 0 aromatic carbocycles. The summed E-state index contributed by atoms with van der Waals surface area (Å²) >= 11 is 0. The van der Waals surface area contributed by atoms with Crippen LogP contribution in [0.3, 0.4) is 0 Å². The maximum absolute atomic E-state index is 6.01. The van der Waals surface area contributed by atoms with Gasteiger partial charge in [0.2, 0.25) is 5.88 Å². The number of hydrogen-bond donors (Lipinski definition) is 1. The van der Waals surface area contributed by atoms with Crippen molar-refractivity contribution in [3.63, 3.8) is 0 Å². The molecule has 0 spiro atoms. The minimum absolute atomic E-state index is 0.0718. The number of aromatic nitrogens is 2. The van der Waals surface area contributed by atoms with Crippen molar-refractivity contribution in [3.05, 3.63) is 11.8 Å². The molecule has 0 radical (unpaired) electrons. The molecule has 0 bridgehead atoms. The predicted octanol–water partition coefficient (Wildman–Crippen LogP) is 2.08. The van der Waals surface area contributed by atoms with Crippen molar-refractivity contribution in [2.45, 2.75) is 52.7 Å². The lowest BCUT2D eigenvalue weighted by Crippen LogP contribution is -2.41. The van der Waals surface area contributed by atoms with Gasteiger partial charge in [-0.25, -0.2) is 4.98 Å². The van der Waals surface area contributed by atoms with Gasteiger partial charge in [0, 0.05) is 17.3 Å². The Morgan fingerprint density at radius 2 is 2.06 bits per heavy atom. The summed E-state index contributed by atoms with van der Waals surface area (Å²) in [5.74, 6) is 0.530. The fourth-order valence-corrected chi connectivity index (χ4v) is 1.21. The zero-order valence-corrected chi connectivity index (χ0v) is 11.9. The molecule has 1 aromatic heterocycles. The first-order valence-electron chi connectivity index (χ1n) is 6.26. The molecule has 0 saturated carbocycles. The van der Waals surface area contributed by atoms with Crippen LogP contribution in [0.25, 0.3) is 0 Å². The van der Waals surface area contributed by atoms with E-state index in [-0.39, 0.29) is 11.6 Å². The Labute approximate surface area is 109 Å². The average Bonchev–Trinajstić information content (AvgIpc) is 2.25. The second-order valence-electron chi connectivity index (χ2n) is 5.09. The average molecular weight is 253 g/mol. The van der Waals surface area contributed by atoms with Gasteiger partial charge in [-0.05, 0) is 34.1 Å². The third kappa shape index (κ3) is 4.87. The molecule has 1 heterocycles. The van der Waals surface area contributed by atoms with Gasteiger partial charge < -0.3 is 15.2 Å². The summed E-state index contributed by atoms with van der Waals surface area (Å²) in [4.78, 5) is 8.41. The molecule has 0 aliphatic rings. The van der Waals surface area contributed by atoms with Crippen LogP contribution in [0.5, 0.6) is 11.9 Å². The molecule has 2 N–H and O–H groups in total. The van der Waals surface area contributed by atoms with Crippen LogP contribution < -0.4 is 15.2 Å². The summed E-state index contributed by atoms with van der Waals surface area (Å²) in [6, 6.07) is 2.10. The zero-order valence-electron chi connectivity index (χ0n) is 11.9. The molecule has 1 rings (SSSR count). The fraction of sp³-hybridized carbons (Fsp3) is 0.692. The van der Waals surface area contributed by atoms with E-state index in [0.29, 0.717) is 18.5 Å². The van der Waals surface area contributed by atoms with Crippen molar-refractivity contribution >= 4 is 0 Å². The SMILES string of the molecule is CCC(C)(N)COc1nc(C)cc(OC(C)C)n1. The maximum atomic E-state index is 6.01. The first-order valence-corrected chi connectivity index (χ1v) is 6.26. The van der Waals surface area contributed by atoms with E-state index in [9.17, 15) is 0 Å². The number of ether oxygens (including phenoxy) is 2. The molecule has 1 aromatic rings. The summed E-state index contributed by atoms with van der Waals surface area (Å²) in [6.45, 7) is 10.1. The van der Waals surface area contributed by atoms with Gasteiger partial charge in [-0.2, -0.15) is 4.98 Å². The van der Waals surface area contributed by atoms with Gasteiger partial charge in [0.25, 0.3) is 0 Å². The third-order valence-corrected chi connectivity index (χ3v) is 2.51. The quantitative estimate of drug-likeness (QED) is 0.840. The minimum Gasteiger partial charge on any atom is -0.475 e. The van der Waals surface area contributed by atoms with Gasteiger partial charge >= 0.3 is 6.01 Å². The van der Waals surface area contributed by atoms with Crippen molar-refractivity contribution in [1.82, 2.24) is 9.97 Å². The topological polar surface area (TPSA) is 70.3 Å². The van der Waals surface area contributed by atoms with Crippen LogP contribution in [-0.2, 0) is 0 Å². The summed E-state index contributed by atoms with van der Waals surface area (Å²) in [5, 5.41) is 0. The second kappa shape index (κ2) is 6.00. The Kier molecular flexibility index (Phi) is 4.90. The first kappa shape index (κ1) is 14.7. The van der Waals surface area contributed by atoms with Crippen LogP contribution in [0.15, 0.2) is 6.07 Å². The highest BCUT2D eigenvalue weighted by atomic mass is 16.5. The van der Waals surface area contributed by atoms with Gasteiger partial charge in [-0.3, -0.25) is 0 Å². The number of nitrogens with zero attached hydrogens (tertiary/aromatic N) is 2. The third-order valence-electron chi connectivity index (χ3n) is 2.51. The molecule has 5 heteroatoms. The number of hydrogen-bond acceptors (Lipinski definition) is 5. The van der Waals surface area contributed by atoms with Crippen LogP contribution in [-0.4, -0.2) is 28.2 Å². The summed E-state index contributed by atoms with van der Waals surface area (Å²) in [6.07, 6.45) is 0.899. The Morgan fingerprint density at radius 1 is 1.39 bits per heavy atom. The molecular weight excluding hydrogens is 230 g/mol. The normalized spacial score (nSPS) is 14.4. The van der Waals surface area contributed by atoms with E-state index >= 15 is 0 Å². The Balaban J connectivity index is 2.74. The highest BCUT2D eigenvalue weighted by Gasteiger charge is 2.17. The van der Waals surface area contributed by atoms with Gasteiger partial charge in [-0.15, -0.1) is 0 Å². The number of aryl methyl sites for hydroxylation is 1. The van der Waals surface area contributed by atoms with E-state index in [0.717, 1.165) is 12.1 Å². The molecule has 1 unspecified atom stereocenters. The van der Waals surface area contributed by atoms with Crippen LogP contribution in [0.1, 0.15) is 39.8 Å². The van der Waals surface area contributed by atoms with E-state index in [1.54, 1.807) is 6.07 Å². The molecule has 1 atom stereocenters. The van der Waals surface area contributed by atoms with E-state index in [4.69, 9.17) is 15.2 Å². The number of rotatable bonds is 6. The maximum Gasteiger partial charge on any atom is 0.319 e. The Bertz CT molecular complexity index is 392. The molecular formula is C13H23N3O2. The molecule has 0 amide bonds. The largest absolute Gasteiger partial charge is 0.475 e. The van der Waals surface area contributed by atoms with Crippen molar-refractivity contribution in [1.29, 1.82) is 0 Å². The lowest BCUT2D eigenvalue weighted by atomic mass is 10.0. The van der Waals surface area contributed by atoms with Crippen molar-refractivity contribution in [2.24, 2.45) is 5.73 Å². The highest BCUT2D eigenvalue weighted by molar-refractivity contribution is 5.17. The minimum atomic E-state index is -0.369. The molecule has 18 heavy (non-hydrogen) atoms. The molecule has 5 nitrogen and oxygen atoms in total. The summed E-state index contributed by atoms with van der Waals surface area (Å²) < 4.78 is 11.1. The predicted molar refractivity (Wildman–Crippen MR) is 70.9 cm³/mol. The van der Waals surface area contributed by atoms with Gasteiger partial charge in [0.15, 0.2) is 0 Å². The van der Waals surface area contributed by atoms with Crippen LogP contribution in [0.4, 0.5) is 0 Å². The molecule has 0 saturated heterocycles. The summed E-state index contributed by atoms with van der Waals surface area (Å²) in [7, 11) is 0. The number of nitrogens with two attached hydrogens (primary N) is 1. The lowest BCUT2D eigenvalue weighted by molar-refractivity contribution is 0.198. The molecule has 0 aliphatic heterocycles. The standard InChI is InChI=1S/C13H23N3O2/c1-6-13(5,14)8-17-12-15-10(4)7-11(16-12)18-9(2)3/h7,9H,6,8,14H2,1-5H3. The first-order chi connectivity index (χ1) is 8.32. The molecule has 102 valence electrons. The van der Waals surface area contributed by atoms with Crippen LogP contribution in [0.2, 0.25) is 0 Å².